The van der Waals surface area contributed by atoms with Gasteiger partial charge in [0.05, 0.1) is 5.76 Å². The van der Waals surface area contributed by atoms with Gasteiger partial charge in [-0.3, -0.25) is 0 Å². The third-order valence-corrected chi connectivity index (χ3v) is 1.18. The molecule has 0 aliphatic heterocycles. The Balaban J connectivity index is 4.49. The second-order valence-corrected chi connectivity index (χ2v) is 2.14. The van der Waals surface area contributed by atoms with Crippen LogP contribution in [-0.4, -0.2) is 5.11 Å². The highest BCUT2D eigenvalue weighted by atomic mass is 16.3. The highest BCUT2D eigenvalue weighted by Crippen LogP contribution is 2.04. The highest BCUT2D eigenvalue weighted by molar-refractivity contribution is 5.33. The first-order chi connectivity index (χ1) is 5.22. The molecule has 0 aliphatic rings. The zero-order valence-electron chi connectivity index (χ0n) is 7.04. The Bertz CT molecular complexity index is 203. The predicted molar refractivity (Wildman–Crippen MR) is 49.5 cm³/mol. The first-order valence-corrected chi connectivity index (χ1v) is 3.54. The summed E-state index contributed by atoms with van der Waals surface area (Å²) in [6, 6.07) is 0. The number of aliphatic hydroxyl groups is 1. The fraction of sp³-hybridized carbons (Fsp3) is 0.200. The van der Waals surface area contributed by atoms with Crippen LogP contribution in [0.25, 0.3) is 0 Å². The van der Waals surface area contributed by atoms with E-state index >= 15 is 0 Å². The van der Waals surface area contributed by atoms with E-state index in [1.807, 2.05) is 25.2 Å². The first kappa shape index (κ1) is 9.76. The average Bonchev–Trinajstić information content (AvgIpc) is 1.97. The molecule has 0 saturated heterocycles. The molecule has 1 heteroatoms. The lowest BCUT2D eigenvalue weighted by Crippen LogP contribution is -1.78. The lowest BCUT2D eigenvalue weighted by Gasteiger charge is -1.94. The molecule has 0 aromatic heterocycles. The summed E-state index contributed by atoms with van der Waals surface area (Å²) in [5.41, 5.74) is 0.812. The van der Waals surface area contributed by atoms with Crippen molar-refractivity contribution in [3.05, 3.63) is 48.3 Å². The molecule has 0 amide bonds. The molecule has 0 saturated carbocycles. The van der Waals surface area contributed by atoms with E-state index in [1.54, 1.807) is 19.1 Å². The Morgan fingerprint density at radius 1 is 1.36 bits per heavy atom. The summed E-state index contributed by atoms with van der Waals surface area (Å²) in [6.45, 7) is 7.10. The average molecular weight is 150 g/mol. The summed E-state index contributed by atoms with van der Waals surface area (Å²) in [4.78, 5) is 0. The summed E-state index contributed by atoms with van der Waals surface area (Å²) in [5, 5.41) is 9.11. The lowest BCUT2D eigenvalue weighted by molar-refractivity contribution is 0.411. The van der Waals surface area contributed by atoms with Crippen LogP contribution >= 0.6 is 0 Å². The van der Waals surface area contributed by atoms with Crippen LogP contribution < -0.4 is 0 Å². The molecular weight excluding hydrogens is 136 g/mol. The number of hydrogen-bond acceptors (Lipinski definition) is 1. The minimum atomic E-state index is 0.321. The Morgan fingerprint density at radius 3 is 2.36 bits per heavy atom. The standard InChI is InChI=1S/C10H14O/c1-4-6-8-10(7-5-2)9(3)11/h4-8,11H,1H2,2-3H3/b7-5-,8-6-,10-9+. The van der Waals surface area contributed by atoms with Gasteiger partial charge >= 0.3 is 0 Å². The minimum absolute atomic E-state index is 0.321. The van der Waals surface area contributed by atoms with Crippen molar-refractivity contribution in [1.29, 1.82) is 0 Å². The van der Waals surface area contributed by atoms with Crippen LogP contribution in [0.4, 0.5) is 0 Å². The maximum absolute atomic E-state index is 9.11. The largest absolute Gasteiger partial charge is 0.512 e. The zero-order chi connectivity index (χ0) is 8.69. The third-order valence-electron chi connectivity index (χ3n) is 1.18. The molecule has 0 atom stereocenters. The maximum atomic E-state index is 9.11. The zero-order valence-corrected chi connectivity index (χ0v) is 7.04. The third kappa shape index (κ3) is 4.20. The van der Waals surface area contributed by atoms with E-state index in [0.717, 1.165) is 5.57 Å². The predicted octanol–water partition coefficient (Wildman–Crippen LogP) is 3.14. The molecule has 0 unspecified atom stereocenters. The molecule has 0 aromatic rings. The van der Waals surface area contributed by atoms with Gasteiger partial charge in [0.25, 0.3) is 0 Å². The SMILES string of the molecule is C=C\C=C/C(/C=C\C)=C(\C)O. The second-order valence-electron chi connectivity index (χ2n) is 2.14. The second kappa shape index (κ2) is 5.54. The topological polar surface area (TPSA) is 20.2 Å². The van der Waals surface area contributed by atoms with Gasteiger partial charge in [-0.05, 0) is 13.8 Å². The molecule has 0 heterocycles. The van der Waals surface area contributed by atoms with Crippen molar-refractivity contribution in [2.24, 2.45) is 0 Å². The summed E-state index contributed by atoms with van der Waals surface area (Å²) in [5.74, 6) is 0.321. The summed E-state index contributed by atoms with van der Waals surface area (Å²) in [7, 11) is 0. The van der Waals surface area contributed by atoms with Crippen molar-refractivity contribution in [2.75, 3.05) is 0 Å². The number of rotatable bonds is 3. The molecule has 0 aliphatic carbocycles. The van der Waals surface area contributed by atoms with Crippen LogP contribution in [0.3, 0.4) is 0 Å². The van der Waals surface area contributed by atoms with Crippen molar-refractivity contribution in [3.63, 3.8) is 0 Å². The number of aliphatic hydroxyl groups excluding tert-OH is 1. The van der Waals surface area contributed by atoms with Crippen molar-refractivity contribution < 1.29 is 5.11 Å². The van der Waals surface area contributed by atoms with Gasteiger partial charge in [-0.25, -0.2) is 0 Å². The van der Waals surface area contributed by atoms with Gasteiger partial charge in [0.1, 0.15) is 0 Å². The molecule has 0 fully saturated rings. The van der Waals surface area contributed by atoms with Crippen molar-refractivity contribution in [2.45, 2.75) is 13.8 Å². The van der Waals surface area contributed by atoms with Crippen molar-refractivity contribution in [1.82, 2.24) is 0 Å². The summed E-state index contributed by atoms with van der Waals surface area (Å²) >= 11 is 0. The smallest absolute Gasteiger partial charge is 0.0963 e. The monoisotopic (exact) mass is 150 g/mol. The molecule has 0 bridgehead atoms. The molecule has 11 heavy (non-hydrogen) atoms. The number of allylic oxidation sites excluding steroid dienone is 7. The van der Waals surface area contributed by atoms with E-state index in [0.29, 0.717) is 5.76 Å². The summed E-state index contributed by atoms with van der Waals surface area (Å²) < 4.78 is 0. The van der Waals surface area contributed by atoms with Gasteiger partial charge in [0.15, 0.2) is 0 Å². The van der Waals surface area contributed by atoms with Crippen LogP contribution in [0.15, 0.2) is 48.3 Å². The van der Waals surface area contributed by atoms with Crippen LogP contribution in [0.5, 0.6) is 0 Å². The molecule has 0 aromatic carbocycles. The van der Waals surface area contributed by atoms with Gasteiger partial charge in [0.2, 0.25) is 0 Å². The normalized spacial score (nSPS) is 14.0. The first-order valence-electron chi connectivity index (χ1n) is 3.54. The van der Waals surface area contributed by atoms with Crippen LogP contribution in [0.2, 0.25) is 0 Å². The van der Waals surface area contributed by atoms with Gasteiger partial charge in [-0.1, -0.05) is 37.0 Å². The highest BCUT2D eigenvalue weighted by Gasteiger charge is 1.88. The molecule has 60 valence electrons. The van der Waals surface area contributed by atoms with Crippen LogP contribution in [-0.2, 0) is 0 Å². The molecule has 0 radical (unpaired) electrons. The number of hydrogen-bond donors (Lipinski definition) is 1. The van der Waals surface area contributed by atoms with Crippen molar-refractivity contribution >= 4 is 0 Å². The Morgan fingerprint density at radius 2 is 2.00 bits per heavy atom. The summed E-state index contributed by atoms with van der Waals surface area (Å²) in [6.07, 6.45) is 8.99. The van der Waals surface area contributed by atoms with Gasteiger partial charge in [0, 0.05) is 5.57 Å². The molecular formula is C10H14O. The molecule has 0 spiro atoms. The van der Waals surface area contributed by atoms with Crippen molar-refractivity contribution in [3.8, 4) is 0 Å². The van der Waals surface area contributed by atoms with Gasteiger partial charge < -0.3 is 5.11 Å². The van der Waals surface area contributed by atoms with E-state index in [9.17, 15) is 0 Å². The lowest BCUT2D eigenvalue weighted by atomic mass is 10.2. The van der Waals surface area contributed by atoms with Crippen LogP contribution in [0.1, 0.15) is 13.8 Å². The molecule has 1 N–H and O–H groups in total. The van der Waals surface area contributed by atoms with Crippen LogP contribution in [0, 0.1) is 0 Å². The Hall–Kier alpha value is -1.24. The maximum Gasteiger partial charge on any atom is 0.0963 e. The fourth-order valence-electron chi connectivity index (χ4n) is 0.648. The molecule has 1 nitrogen and oxygen atoms in total. The fourth-order valence-corrected chi connectivity index (χ4v) is 0.648. The minimum Gasteiger partial charge on any atom is -0.512 e. The van der Waals surface area contributed by atoms with Gasteiger partial charge in [-0.15, -0.1) is 0 Å². The van der Waals surface area contributed by atoms with Gasteiger partial charge in [-0.2, -0.15) is 0 Å². The Kier molecular flexibility index (Phi) is 4.91. The quantitative estimate of drug-likeness (QED) is 0.484. The Labute approximate surface area is 68.1 Å². The van der Waals surface area contributed by atoms with E-state index in [1.165, 1.54) is 0 Å². The van der Waals surface area contributed by atoms with E-state index in [2.05, 4.69) is 6.58 Å². The van der Waals surface area contributed by atoms with E-state index in [4.69, 9.17) is 5.11 Å². The van der Waals surface area contributed by atoms with E-state index < -0.39 is 0 Å². The molecule has 0 rings (SSSR count). The van der Waals surface area contributed by atoms with E-state index in [-0.39, 0.29) is 0 Å².